The van der Waals surface area contributed by atoms with Gasteiger partial charge in [0, 0.05) is 63.6 Å². The molecule has 2 aliphatic rings. The third kappa shape index (κ3) is 7.51. The molecule has 0 aliphatic carbocycles. The zero-order chi connectivity index (χ0) is 21.4. The first-order valence-corrected chi connectivity index (χ1v) is 19.6. The smallest absolute Gasteiger partial charge is 0.238 e. The summed E-state index contributed by atoms with van der Waals surface area (Å²) in [5.74, 6) is -0.172. The minimum atomic E-state index is -0.863. The fourth-order valence-electron chi connectivity index (χ4n) is 3.46. The first kappa shape index (κ1) is 27.8. The van der Waals surface area contributed by atoms with Crippen molar-refractivity contribution in [1.29, 1.82) is 0 Å². The lowest BCUT2D eigenvalue weighted by Gasteiger charge is -2.45. The van der Waals surface area contributed by atoms with Crippen LogP contribution in [0.5, 0.6) is 0 Å². The van der Waals surface area contributed by atoms with Crippen LogP contribution in [0.15, 0.2) is 0 Å². The van der Waals surface area contributed by atoms with E-state index in [9.17, 15) is 9.59 Å². The minimum Gasteiger partial charge on any atom is -0.356 e. The first-order valence-electron chi connectivity index (χ1n) is 8.48. The van der Waals surface area contributed by atoms with E-state index in [1.54, 1.807) is 0 Å². The molecule has 2 rings (SSSR count). The molecule has 8 nitrogen and oxygen atoms in total. The predicted molar refractivity (Wildman–Crippen MR) is 145 cm³/mol. The highest BCUT2D eigenvalue weighted by Crippen LogP contribution is 2.40. The van der Waals surface area contributed by atoms with Gasteiger partial charge >= 0.3 is 0 Å². The average Bonchev–Trinajstić information content (AvgIpc) is 3.15. The molecular formula is C14H21I3N2O6S4. The van der Waals surface area contributed by atoms with Crippen molar-refractivity contribution in [1.82, 2.24) is 10.2 Å². The highest BCUT2D eigenvalue weighted by Gasteiger charge is 2.52. The standard InChI is InChI=1S/C14H21I3N2O6S4/c1-19-5-3-4-8(19)13(21)18-7(6-20)9-10(23-27-15)11(24-28-16)12(25-29-17)14(22-9)26-2/h6-12,14H,3-5H2,1-2H3,(H,18,21). The number of nitrogens with zero attached hydrogens (tertiary/aromatic N) is 1. The lowest BCUT2D eigenvalue weighted by atomic mass is 9.95. The topological polar surface area (TPSA) is 86.3 Å². The lowest BCUT2D eigenvalue weighted by molar-refractivity contribution is -0.174. The van der Waals surface area contributed by atoms with E-state index in [1.807, 2.05) is 81.8 Å². The second-order valence-electron chi connectivity index (χ2n) is 6.39. The quantitative estimate of drug-likeness (QED) is 0.187. The summed E-state index contributed by atoms with van der Waals surface area (Å²) < 4.78 is 23.8. The molecule has 1 N–H and O–H groups in total. The average molecular weight is 822 g/mol. The predicted octanol–water partition coefficient (Wildman–Crippen LogP) is 4.00. The minimum absolute atomic E-state index is 0.172. The molecule has 7 unspecified atom stereocenters. The Morgan fingerprint density at radius 1 is 1.17 bits per heavy atom. The summed E-state index contributed by atoms with van der Waals surface area (Å²) in [5.41, 5.74) is -0.386. The van der Waals surface area contributed by atoms with Crippen LogP contribution in [-0.4, -0.2) is 78.9 Å². The normalized spacial score (nSPS) is 34.1. The maximum absolute atomic E-state index is 12.8. The van der Waals surface area contributed by atoms with Crippen LogP contribution in [0.4, 0.5) is 0 Å². The van der Waals surface area contributed by atoms with Gasteiger partial charge in [-0.1, -0.05) is 0 Å². The van der Waals surface area contributed by atoms with E-state index in [-0.39, 0.29) is 17.4 Å². The number of carbonyl (C=O) groups is 2. The van der Waals surface area contributed by atoms with Gasteiger partial charge in [-0.25, -0.2) is 0 Å². The number of carbonyl (C=O) groups excluding carboxylic acids is 2. The van der Waals surface area contributed by atoms with E-state index in [4.69, 9.17) is 17.3 Å². The van der Waals surface area contributed by atoms with E-state index < -0.39 is 30.5 Å². The summed E-state index contributed by atoms with van der Waals surface area (Å²) in [6.45, 7) is 0.866. The molecule has 0 aromatic heterocycles. The number of likely N-dealkylation sites (tertiary alicyclic amines) is 1. The summed E-state index contributed by atoms with van der Waals surface area (Å²) in [5, 5.41) is 2.86. The van der Waals surface area contributed by atoms with Crippen molar-refractivity contribution in [2.24, 2.45) is 0 Å². The second kappa shape index (κ2) is 14.7. The molecule has 29 heavy (non-hydrogen) atoms. The largest absolute Gasteiger partial charge is 0.356 e. The molecule has 0 radical (unpaired) electrons. The van der Waals surface area contributed by atoms with E-state index >= 15 is 0 Å². The highest BCUT2D eigenvalue weighted by molar-refractivity contribution is 14.2. The maximum atomic E-state index is 12.8. The zero-order valence-corrected chi connectivity index (χ0v) is 25.1. The molecule has 2 fully saturated rings. The monoisotopic (exact) mass is 822 g/mol. The fraction of sp³-hybridized carbons (Fsp3) is 0.857. The van der Waals surface area contributed by atoms with Gasteiger partial charge in [0.1, 0.15) is 42.2 Å². The van der Waals surface area contributed by atoms with Crippen LogP contribution < -0.4 is 5.32 Å². The van der Waals surface area contributed by atoms with Gasteiger partial charge in [0.2, 0.25) is 5.91 Å². The van der Waals surface area contributed by atoms with Crippen molar-refractivity contribution in [3.8, 4) is 0 Å². The van der Waals surface area contributed by atoms with Crippen molar-refractivity contribution in [2.75, 3.05) is 19.8 Å². The molecular weight excluding hydrogens is 801 g/mol. The molecule has 2 saturated heterocycles. The lowest BCUT2D eigenvalue weighted by Crippen LogP contribution is -2.64. The molecule has 0 aromatic rings. The highest BCUT2D eigenvalue weighted by atomic mass is 127. The van der Waals surface area contributed by atoms with Gasteiger partial charge in [-0.05, 0) is 32.7 Å². The summed E-state index contributed by atoms with van der Waals surface area (Å²) in [7, 11) is 5.42. The van der Waals surface area contributed by atoms with Gasteiger partial charge in [-0.3, -0.25) is 22.2 Å². The molecule has 2 aliphatic heterocycles. The van der Waals surface area contributed by atoms with Crippen LogP contribution in [-0.2, 0) is 26.9 Å². The SMILES string of the molecule is CSC1OC(C(C=O)NC(=O)C2CCCN2C)C(OSI)C(OSI)C1OSI. The molecule has 0 bridgehead atoms. The molecule has 0 aromatic carbocycles. The summed E-state index contributed by atoms with van der Waals surface area (Å²) in [6.07, 6.45) is 2.11. The van der Waals surface area contributed by atoms with Crippen molar-refractivity contribution >= 4 is 115 Å². The van der Waals surface area contributed by atoms with E-state index in [0.29, 0.717) is 6.29 Å². The Labute approximate surface area is 224 Å². The van der Waals surface area contributed by atoms with Gasteiger partial charge in [-0.2, -0.15) is 0 Å². The molecule has 0 saturated carbocycles. The summed E-state index contributed by atoms with van der Waals surface area (Å²) >= 11 is 7.57. The summed E-state index contributed by atoms with van der Waals surface area (Å²) in [6, 6.07) is -1.10. The third-order valence-corrected chi connectivity index (χ3v) is 8.44. The van der Waals surface area contributed by atoms with Gasteiger partial charge in [-0.15, -0.1) is 11.8 Å². The van der Waals surface area contributed by atoms with Gasteiger partial charge < -0.3 is 14.8 Å². The number of ether oxygens (including phenoxy) is 1. The van der Waals surface area contributed by atoms with E-state index in [0.717, 1.165) is 28.6 Å². The Morgan fingerprint density at radius 2 is 1.79 bits per heavy atom. The molecule has 2 heterocycles. The Hall–Kier alpha value is 2.53. The number of halogens is 3. The van der Waals surface area contributed by atoms with Crippen LogP contribution in [0, 0.1) is 0 Å². The number of hydrogen-bond donors (Lipinski definition) is 1. The number of aldehydes is 1. The Morgan fingerprint density at radius 3 is 2.31 bits per heavy atom. The van der Waals surface area contributed by atoms with Gasteiger partial charge in [0.15, 0.2) is 0 Å². The molecule has 168 valence electrons. The van der Waals surface area contributed by atoms with Crippen molar-refractivity contribution < 1.29 is 26.9 Å². The third-order valence-electron chi connectivity index (χ3n) is 4.84. The number of likely N-dealkylation sites (N-methyl/N-ethyl adjacent to an activating group) is 1. The summed E-state index contributed by atoms with van der Waals surface area (Å²) in [4.78, 5) is 26.8. The van der Waals surface area contributed by atoms with Crippen molar-refractivity contribution in [3.05, 3.63) is 0 Å². The molecule has 0 spiro atoms. The number of thioether (sulfide) groups is 1. The van der Waals surface area contributed by atoms with E-state index in [1.165, 1.54) is 30.2 Å². The number of amides is 1. The number of hydrogen-bond acceptors (Lipinski definition) is 11. The van der Waals surface area contributed by atoms with Gasteiger partial charge in [0.05, 0.1) is 33.7 Å². The zero-order valence-electron chi connectivity index (χ0n) is 15.4. The second-order valence-corrected chi connectivity index (χ2v) is 11.5. The number of rotatable bonds is 11. The van der Waals surface area contributed by atoms with E-state index in [2.05, 4.69) is 5.32 Å². The van der Waals surface area contributed by atoms with Crippen LogP contribution in [0.25, 0.3) is 0 Å². The van der Waals surface area contributed by atoms with Gasteiger partial charge in [0.25, 0.3) is 0 Å². The van der Waals surface area contributed by atoms with Crippen molar-refractivity contribution in [3.63, 3.8) is 0 Å². The van der Waals surface area contributed by atoms with Crippen LogP contribution in [0.3, 0.4) is 0 Å². The Bertz CT molecular complexity index is 546. The first-order chi connectivity index (χ1) is 14.0. The van der Waals surface area contributed by atoms with Crippen molar-refractivity contribution in [2.45, 2.75) is 54.8 Å². The Kier molecular flexibility index (Phi) is 14.1. The Balaban J connectivity index is 2.25. The molecule has 15 heteroatoms. The van der Waals surface area contributed by atoms with Crippen LogP contribution in [0.1, 0.15) is 12.8 Å². The molecule has 1 amide bonds. The molecule has 7 atom stereocenters. The van der Waals surface area contributed by atoms with Crippen LogP contribution >= 0.6 is 103 Å². The van der Waals surface area contributed by atoms with Crippen LogP contribution in [0.2, 0.25) is 0 Å². The fourth-order valence-corrected chi connectivity index (χ4v) is 7.30. The maximum Gasteiger partial charge on any atom is 0.238 e. The number of nitrogens with one attached hydrogen (secondary N) is 1.